The van der Waals surface area contributed by atoms with E-state index >= 15 is 0 Å². The molecule has 0 N–H and O–H groups in total. The van der Waals surface area contributed by atoms with Crippen LogP contribution in [0.15, 0.2) is 30.3 Å². The minimum atomic E-state index is -0.496. The number of benzene rings is 1. The normalized spacial score (nSPS) is 17.9. The van der Waals surface area contributed by atoms with E-state index in [1.165, 1.54) is 0 Å². The van der Waals surface area contributed by atoms with Crippen molar-refractivity contribution in [2.24, 2.45) is 5.92 Å². The van der Waals surface area contributed by atoms with Gasteiger partial charge in [0.05, 0.1) is 6.42 Å². The molecule has 0 aliphatic carbocycles. The molecule has 126 valence electrons. The Hall–Kier alpha value is -2.04. The van der Waals surface area contributed by atoms with Crippen molar-refractivity contribution < 1.29 is 19.1 Å². The van der Waals surface area contributed by atoms with Gasteiger partial charge in [-0.05, 0) is 38.7 Å². The molecule has 0 spiro atoms. The van der Waals surface area contributed by atoms with Crippen molar-refractivity contribution in [3.8, 4) is 0 Å². The molecule has 0 aromatic heterocycles. The van der Waals surface area contributed by atoms with Gasteiger partial charge in [-0.1, -0.05) is 30.3 Å². The number of carbonyl (C=O) groups is 2. The maximum atomic E-state index is 12.0. The summed E-state index contributed by atoms with van der Waals surface area (Å²) in [7, 11) is 0. The van der Waals surface area contributed by atoms with Gasteiger partial charge in [0, 0.05) is 13.1 Å². The second-order valence-corrected chi connectivity index (χ2v) is 6.93. The molecule has 1 aromatic carbocycles. The molecule has 5 heteroatoms. The third-order valence-electron chi connectivity index (χ3n) is 3.64. The van der Waals surface area contributed by atoms with Gasteiger partial charge < -0.3 is 14.4 Å². The minimum absolute atomic E-state index is 0.144. The van der Waals surface area contributed by atoms with Crippen molar-refractivity contribution in [3.05, 3.63) is 35.9 Å². The number of hydrogen-bond acceptors (Lipinski definition) is 4. The van der Waals surface area contributed by atoms with Crippen molar-refractivity contribution in [2.45, 2.75) is 45.8 Å². The second-order valence-electron chi connectivity index (χ2n) is 6.93. The number of carbonyl (C=O) groups excluding carboxylic acids is 2. The SMILES string of the molecule is CC(C)(C)OC(=O)N1CC[C@@H](CC(=O)OCc2ccccc2)C1. The lowest BCUT2D eigenvalue weighted by molar-refractivity contribution is -0.146. The quantitative estimate of drug-likeness (QED) is 0.798. The fourth-order valence-electron chi connectivity index (χ4n) is 2.52. The van der Waals surface area contributed by atoms with Crippen LogP contribution in [-0.2, 0) is 20.9 Å². The lowest BCUT2D eigenvalue weighted by Gasteiger charge is -2.24. The monoisotopic (exact) mass is 319 g/mol. The zero-order valence-corrected chi connectivity index (χ0v) is 14.1. The summed E-state index contributed by atoms with van der Waals surface area (Å²) in [5.74, 6) is -0.0734. The molecule has 1 fully saturated rings. The van der Waals surface area contributed by atoms with E-state index in [2.05, 4.69) is 0 Å². The van der Waals surface area contributed by atoms with E-state index in [9.17, 15) is 9.59 Å². The Kier molecular flexibility index (Phi) is 5.64. The molecule has 1 saturated heterocycles. The van der Waals surface area contributed by atoms with Crippen LogP contribution in [0.25, 0.3) is 0 Å². The summed E-state index contributed by atoms with van der Waals surface area (Å²) in [6.45, 7) is 7.02. The smallest absolute Gasteiger partial charge is 0.410 e. The number of likely N-dealkylation sites (tertiary alicyclic amines) is 1. The van der Waals surface area contributed by atoms with Crippen molar-refractivity contribution in [2.75, 3.05) is 13.1 Å². The Balaban J connectivity index is 1.72. The Bertz CT molecular complexity index is 536. The molecule has 23 heavy (non-hydrogen) atoms. The molecule has 1 amide bonds. The molecule has 1 atom stereocenters. The molecule has 0 saturated carbocycles. The highest BCUT2D eigenvalue weighted by atomic mass is 16.6. The summed E-state index contributed by atoms with van der Waals surface area (Å²) < 4.78 is 10.6. The average molecular weight is 319 g/mol. The minimum Gasteiger partial charge on any atom is -0.461 e. The summed E-state index contributed by atoms with van der Waals surface area (Å²) in [5.41, 5.74) is 0.478. The first-order valence-corrected chi connectivity index (χ1v) is 8.01. The second kappa shape index (κ2) is 7.49. The van der Waals surface area contributed by atoms with Gasteiger partial charge in [0.25, 0.3) is 0 Å². The first-order chi connectivity index (χ1) is 10.8. The van der Waals surface area contributed by atoms with Crippen LogP contribution in [0.4, 0.5) is 4.79 Å². The molecule has 0 bridgehead atoms. The van der Waals surface area contributed by atoms with Crippen LogP contribution in [0.5, 0.6) is 0 Å². The average Bonchev–Trinajstić information content (AvgIpc) is 2.93. The van der Waals surface area contributed by atoms with Gasteiger partial charge in [-0.3, -0.25) is 4.79 Å². The number of rotatable bonds is 4. The number of nitrogens with zero attached hydrogens (tertiary/aromatic N) is 1. The fraction of sp³-hybridized carbons (Fsp3) is 0.556. The van der Waals surface area contributed by atoms with Crippen LogP contribution in [0.1, 0.15) is 39.2 Å². The van der Waals surface area contributed by atoms with E-state index in [0.717, 1.165) is 12.0 Å². The van der Waals surface area contributed by atoms with Gasteiger partial charge in [-0.2, -0.15) is 0 Å². The van der Waals surface area contributed by atoms with Gasteiger partial charge >= 0.3 is 12.1 Å². The largest absolute Gasteiger partial charge is 0.461 e. The van der Waals surface area contributed by atoms with E-state index in [1.807, 2.05) is 51.1 Å². The van der Waals surface area contributed by atoms with E-state index in [0.29, 0.717) is 26.1 Å². The lowest BCUT2D eigenvalue weighted by Crippen LogP contribution is -2.35. The Morgan fingerprint density at radius 3 is 2.57 bits per heavy atom. The van der Waals surface area contributed by atoms with Crippen molar-refractivity contribution in [1.82, 2.24) is 4.90 Å². The molecule has 2 rings (SSSR count). The molecular formula is C18H25NO4. The summed E-state index contributed by atoms with van der Waals surface area (Å²) in [6, 6.07) is 9.60. The molecule has 1 aliphatic rings. The molecule has 1 heterocycles. The van der Waals surface area contributed by atoms with Crippen LogP contribution >= 0.6 is 0 Å². The predicted molar refractivity (Wildman–Crippen MR) is 86.8 cm³/mol. The van der Waals surface area contributed by atoms with Gasteiger partial charge in [0.15, 0.2) is 0 Å². The van der Waals surface area contributed by atoms with Gasteiger partial charge in [-0.25, -0.2) is 4.79 Å². The van der Waals surface area contributed by atoms with Gasteiger partial charge in [-0.15, -0.1) is 0 Å². The first-order valence-electron chi connectivity index (χ1n) is 8.01. The predicted octanol–water partition coefficient (Wildman–Crippen LogP) is 3.38. The van der Waals surface area contributed by atoms with Crippen molar-refractivity contribution in [1.29, 1.82) is 0 Å². The van der Waals surface area contributed by atoms with E-state index in [1.54, 1.807) is 4.90 Å². The number of amides is 1. The Morgan fingerprint density at radius 2 is 1.91 bits per heavy atom. The third-order valence-corrected chi connectivity index (χ3v) is 3.64. The fourth-order valence-corrected chi connectivity index (χ4v) is 2.52. The van der Waals surface area contributed by atoms with E-state index in [-0.39, 0.29) is 18.0 Å². The van der Waals surface area contributed by atoms with E-state index in [4.69, 9.17) is 9.47 Å². The molecule has 1 aromatic rings. The van der Waals surface area contributed by atoms with E-state index < -0.39 is 5.60 Å². The molecule has 5 nitrogen and oxygen atoms in total. The van der Waals surface area contributed by atoms with Gasteiger partial charge in [0.1, 0.15) is 12.2 Å². The molecule has 1 aliphatic heterocycles. The summed E-state index contributed by atoms with van der Waals surface area (Å²) >= 11 is 0. The van der Waals surface area contributed by atoms with Crippen LogP contribution < -0.4 is 0 Å². The molecule has 0 radical (unpaired) electrons. The standard InChI is InChI=1S/C18H25NO4/c1-18(2,3)23-17(21)19-10-9-15(12-19)11-16(20)22-13-14-7-5-4-6-8-14/h4-8,15H,9-13H2,1-3H3/t15-/m0/s1. The maximum absolute atomic E-state index is 12.0. The number of ether oxygens (including phenoxy) is 2. The van der Waals surface area contributed by atoms with Crippen LogP contribution in [0.3, 0.4) is 0 Å². The summed E-state index contributed by atoms with van der Waals surface area (Å²) in [6.07, 6.45) is 0.837. The summed E-state index contributed by atoms with van der Waals surface area (Å²) in [5, 5.41) is 0. The Morgan fingerprint density at radius 1 is 1.22 bits per heavy atom. The zero-order valence-electron chi connectivity index (χ0n) is 14.1. The van der Waals surface area contributed by atoms with Crippen LogP contribution in [0.2, 0.25) is 0 Å². The van der Waals surface area contributed by atoms with Crippen molar-refractivity contribution >= 4 is 12.1 Å². The molecular weight excluding hydrogens is 294 g/mol. The highest BCUT2D eigenvalue weighted by Gasteiger charge is 2.31. The highest BCUT2D eigenvalue weighted by Crippen LogP contribution is 2.22. The third kappa shape index (κ3) is 5.93. The highest BCUT2D eigenvalue weighted by molar-refractivity contribution is 5.71. The summed E-state index contributed by atoms with van der Waals surface area (Å²) in [4.78, 5) is 25.6. The maximum Gasteiger partial charge on any atom is 0.410 e. The van der Waals surface area contributed by atoms with Crippen molar-refractivity contribution in [3.63, 3.8) is 0 Å². The van der Waals surface area contributed by atoms with Crippen LogP contribution in [0, 0.1) is 5.92 Å². The topological polar surface area (TPSA) is 55.8 Å². The first kappa shape index (κ1) is 17.3. The number of hydrogen-bond donors (Lipinski definition) is 0. The molecule has 0 unspecified atom stereocenters. The lowest BCUT2D eigenvalue weighted by atomic mass is 10.1. The zero-order chi connectivity index (χ0) is 16.9. The number of esters is 1. The van der Waals surface area contributed by atoms with Gasteiger partial charge in [0.2, 0.25) is 0 Å². The van der Waals surface area contributed by atoms with Crippen LogP contribution in [-0.4, -0.2) is 35.7 Å². The Labute approximate surface area is 137 Å².